The van der Waals surface area contributed by atoms with Gasteiger partial charge in [0.05, 0.1) is 30.2 Å². The normalized spacial score (nSPS) is 21.2. The lowest BCUT2D eigenvalue weighted by Gasteiger charge is -2.32. The van der Waals surface area contributed by atoms with Crippen LogP contribution in [0.3, 0.4) is 0 Å². The number of likely N-dealkylation sites (tertiary alicyclic amines) is 1. The van der Waals surface area contributed by atoms with E-state index in [2.05, 4.69) is 28.9 Å². The highest BCUT2D eigenvalue weighted by Gasteiger charge is 2.45. The minimum absolute atomic E-state index is 0.144. The molecule has 8 heteroatoms. The molecule has 2 fully saturated rings. The van der Waals surface area contributed by atoms with E-state index < -0.39 is 17.9 Å². The van der Waals surface area contributed by atoms with Crippen LogP contribution in [0.1, 0.15) is 71.0 Å². The Hall–Kier alpha value is -3.39. The maximum Gasteiger partial charge on any atom is 0.266 e. The van der Waals surface area contributed by atoms with E-state index in [0.717, 1.165) is 49.5 Å². The molecule has 2 amide bonds. The van der Waals surface area contributed by atoms with Crippen LogP contribution in [0.15, 0.2) is 36.5 Å². The summed E-state index contributed by atoms with van der Waals surface area (Å²) in [6.07, 6.45) is 5.04. The SMILES string of the molecule is CCc1ccc(CN2CCC(COc3cccc4c3C(=O)N(C3CCC(=O)CC3=O)C4=O)CC2)cn1. The molecule has 36 heavy (non-hydrogen) atoms. The zero-order valence-corrected chi connectivity index (χ0v) is 20.6. The number of aromatic nitrogens is 1. The Balaban J connectivity index is 1.18. The van der Waals surface area contributed by atoms with Crippen molar-refractivity contribution in [3.63, 3.8) is 0 Å². The quantitative estimate of drug-likeness (QED) is 0.435. The van der Waals surface area contributed by atoms with Crippen LogP contribution in [-0.4, -0.2) is 63.9 Å². The molecule has 0 bridgehead atoms. The molecule has 3 heterocycles. The minimum atomic E-state index is -0.874. The molecule has 1 aromatic heterocycles. The van der Waals surface area contributed by atoms with Gasteiger partial charge in [0, 0.05) is 24.9 Å². The van der Waals surface area contributed by atoms with Gasteiger partial charge >= 0.3 is 0 Å². The number of ketones is 2. The second kappa shape index (κ2) is 10.3. The number of hydrogen-bond acceptors (Lipinski definition) is 7. The largest absolute Gasteiger partial charge is 0.492 e. The third kappa shape index (κ3) is 4.82. The fourth-order valence-electron chi connectivity index (χ4n) is 5.34. The van der Waals surface area contributed by atoms with Crippen molar-refractivity contribution in [1.29, 1.82) is 0 Å². The lowest BCUT2D eigenvalue weighted by atomic mass is 9.92. The number of fused-ring (bicyclic) bond motifs is 1. The molecule has 0 N–H and O–H groups in total. The first-order valence-corrected chi connectivity index (χ1v) is 12.8. The maximum absolute atomic E-state index is 13.2. The smallest absolute Gasteiger partial charge is 0.266 e. The third-order valence-electron chi connectivity index (χ3n) is 7.50. The Kier molecular flexibility index (Phi) is 6.96. The number of imide groups is 1. The molecular weight excluding hydrogens is 458 g/mol. The maximum atomic E-state index is 13.2. The van der Waals surface area contributed by atoms with Gasteiger partial charge in [-0.05, 0) is 68.5 Å². The summed E-state index contributed by atoms with van der Waals surface area (Å²) in [6.45, 7) is 5.38. The van der Waals surface area contributed by atoms with E-state index in [1.165, 1.54) is 5.56 Å². The summed E-state index contributed by atoms with van der Waals surface area (Å²) >= 11 is 0. The molecule has 1 saturated carbocycles. The molecule has 2 aromatic rings. The first-order valence-electron chi connectivity index (χ1n) is 12.8. The third-order valence-corrected chi connectivity index (χ3v) is 7.50. The predicted molar refractivity (Wildman–Crippen MR) is 132 cm³/mol. The highest BCUT2D eigenvalue weighted by atomic mass is 16.5. The number of rotatable bonds is 7. The molecule has 0 radical (unpaired) electrons. The molecule has 8 nitrogen and oxygen atoms in total. The molecule has 3 aliphatic rings. The van der Waals surface area contributed by atoms with Crippen LogP contribution in [0.25, 0.3) is 0 Å². The Morgan fingerprint density at radius 1 is 1.00 bits per heavy atom. The van der Waals surface area contributed by atoms with Crippen molar-refractivity contribution in [2.75, 3.05) is 19.7 Å². The second-order valence-electron chi connectivity index (χ2n) is 9.94. The van der Waals surface area contributed by atoms with Crippen molar-refractivity contribution in [1.82, 2.24) is 14.8 Å². The number of piperidine rings is 1. The van der Waals surface area contributed by atoms with Crippen LogP contribution in [0.4, 0.5) is 0 Å². The highest BCUT2D eigenvalue weighted by molar-refractivity contribution is 6.24. The number of hydrogen-bond donors (Lipinski definition) is 0. The number of Topliss-reactive ketones (excluding diaryl/α,β-unsaturated/α-hetero) is 2. The van der Waals surface area contributed by atoms with Crippen molar-refractivity contribution < 1.29 is 23.9 Å². The molecular formula is C28H31N3O5. The first-order chi connectivity index (χ1) is 17.4. The molecule has 1 aromatic carbocycles. The van der Waals surface area contributed by atoms with E-state index in [1.807, 2.05) is 6.20 Å². The average molecular weight is 490 g/mol. The summed E-state index contributed by atoms with van der Waals surface area (Å²) < 4.78 is 6.10. The van der Waals surface area contributed by atoms with Gasteiger partial charge < -0.3 is 4.74 Å². The van der Waals surface area contributed by atoms with Gasteiger partial charge in [0.15, 0.2) is 5.78 Å². The summed E-state index contributed by atoms with van der Waals surface area (Å²) in [4.78, 5) is 58.2. The van der Waals surface area contributed by atoms with Crippen molar-refractivity contribution in [3.05, 3.63) is 58.9 Å². The summed E-state index contributed by atoms with van der Waals surface area (Å²) in [5.41, 5.74) is 2.81. The topological polar surface area (TPSA) is 96.9 Å². The summed E-state index contributed by atoms with van der Waals surface area (Å²) in [6, 6.07) is 8.38. The predicted octanol–water partition coefficient (Wildman–Crippen LogP) is 3.22. The number of amides is 2. The summed E-state index contributed by atoms with van der Waals surface area (Å²) in [7, 11) is 0. The van der Waals surface area contributed by atoms with Gasteiger partial charge in [-0.3, -0.25) is 34.0 Å². The van der Waals surface area contributed by atoms with Gasteiger partial charge in [-0.2, -0.15) is 0 Å². The molecule has 0 spiro atoms. The Morgan fingerprint density at radius 2 is 1.81 bits per heavy atom. The van der Waals surface area contributed by atoms with Gasteiger partial charge in [0.2, 0.25) is 0 Å². The lowest BCUT2D eigenvalue weighted by Crippen LogP contribution is -2.47. The van der Waals surface area contributed by atoms with E-state index in [0.29, 0.717) is 18.3 Å². The van der Waals surface area contributed by atoms with Crippen molar-refractivity contribution in [2.24, 2.45) is 5.92 Å². The monoisotopic (exact) mass is 489 g/mol. The second-order valence-corrected chi connectivity index (χ2v) is 9.94. The Bertz CT molecular complexity index is 1180. The van der Waals surface area contributed by atoms with Gasteiger partial charge in [-0.15, -0.1) is 0 Å². The zero-order chi connectivity index (χ0) is 25.2. The van der Waals surface area contributed by atoms with Crippen LogP contribution >= 0.6 is 0 Å². The molecule has 1 aliphatic carbocycles. The van der Waals surface area contributed by atoms with Gasteiger partial charge in [-0.25, -0.2) is 0 Å². The van der Waals surface area contributed by atoms with Crippen LogP contribution in [0, 0.1) is 5.92 Å². The molecule has 5 rings (SSSR count). The van der Waals surface area contributed by atoms with Crippen molar-refractivity contribution >= 4 is 23.4 Å². The molecule has 1 unspecified atom stereocenters. The van der Waals surface area contributed by atoms with E-state index in [1.54, 1.807) is 18.2 Å². The molecule has 2 aliphatic heterocycles. The average Bonchev–Trinajstić information content (AvgIpc) is 3.14. The standard InChI is InChI=1S/C28H31N3O5/c1-2-20-7-6-19(15-29-20)16-30-12-10-18(11-13-30)17-36-25-5-3-4-22-26(25)28(35)31(27(22)34)23-9-8-21(32)14-24(23)33/h3-7,15,18,23H,2,8-14,16-17H2,1H3. The fourth-order valence-corrected chi connectivity index (χ4v) is 5.34. The number of carbonyl (C=O) groups is 4. The van der Waals surface area contributed by atoms with Gasteiger partial charge in [0.1, 0.15) is 11.5 Å². The van der Waals surface area contributed by atoms with Crippen molar-refractivity contribution in [2.45, 2.75) is 58.0 Å². The van der Waals surface area contributed by atoms with Crippen LogP contribution in [-0.2, 0) is 22.6 Å². The Labute approximate surface area is 210 Å². The lowest BCUT2D eigenvalue weighted by molar-refractivity contribution is -0.132. The minimum Gasteiger partial charge on any atom is -0.492 e. The summed E-state index contributed by atoms with van der Waals surface area (Å²) in [5.74, 6) is -0.760. The van der Waals surface area contributed by atoms with Crippen LogP contribution < -0.4 is 4.74 Å². The number of aryl methyl sites for hydroxylation is 1. The van der Waals surface area contributed by atoms with E-state index in [9.17, 15) is 19.2 Å². The highest BCUT2D eigenvalue weighted by Crippen LogP contribution is 2.35. The number of nitrogens with zero attached hydrogens (tertiary/aromatic N) is 3. The first kappa shape index (κ1) is 24.3. The van der Waals surface area contributed by atoms with E-state index in [4.69, 9.17) is 4.74 Å². The van der Waals surface area contributed by atoms with Crippen molar-refractivity contribution in [3.8, 4) is 5.75 Å². The number of pyridine rings is 1. The molecule has 1 atom stereocenters. The molecule has 188 valence electrons. The Morgan fingerprint density at radius 3 is 2.50 bits per heavy atom. The zero-order valence-electron chi connectivity index (χ0n) is 20.6. The summed E-state index contributed by atoms with van der Waals surface area (Å²) in [5, 5.41) is 0. The number of benzene rings is 1. The molecule has 1 saturated heterocycles. The van der Waals surface area contributed by atoms with Gasteiger partial charge in [-0.1, -0.05) is 19.1 Å². The number of ether oxygens (including phenoxy) is 1. The fraction of sp³-hybridized carbons (Fsp3) is 0.464. The van der Waals surface area contributed by atoms with Crippen LogP contribution in [0.5, 0.6) is 5.75 Å². The number of carbonyl (C=O) groups excluding carboxylic acids is 4. The van der Waals surface area contributed by atoms with E-state index in [-0.39, 0.29) is 42.0 Å². The van der Waals surface area contributed by atoms with Gasteiger partial charge in [0.25, 0.3) is 11.8 Å². The van der Waals surface area contributed by atoms with Crippen LogP contribution in [0.2, 0.25) is 0 Å². The van der Waals surface area contributed by atoms with E-state index >= 15 is 0 Å².